The fourth-order valence-electron chi connectivity index (χ4n) is 2.24. The number of halogens is 4. The summed E-state index contributed by atoms with van der Waals surface area (Å²) in [5.41, 5.74) is -4.49. The largest absolute Gasteiger partial charge is 0.477 e. The normalized spacial score (nSPS) is 16.2. The molecule has 0 bridgehead atoms. The highest BCUT2D eigenvalue weighted by Crippen LogP contribution is 2.47. The lowest BCUT2D eigenvalue weighted by Crippen LogP contribution is -2.35. The van der Waals surface area contributed by atoms with Crippen LogP contribution >= 0.6 is 0 Å². The van der Waals surface area contributed by atoms with E-state index in [1.165, 1.54) is 0 Å². The summed E-state index contributed by atoms with van der Waals surface area (Å²) in [6, 6.07) is 0. The van der Waals surface area contributed by atoms with E-state index in [0.717, 1.165) is 6.08 Å². The Labute approximate surface area is 109 Å². The second-order valence-electron chi connectivity index (χ2n) is 4.40. The molecule has 1 aliphatic carbocycles. The number of benzene rings is 1. The Balaban J connectivity index is 2.79. The van der Waals surface area contributed by atoms with Crippen molar-refractivity contribution in [2.45, 2.75) is 24.8 Å². The molecule has 0 atom stereocenters. The summed E-state index contributed by atoms with van der Waals surface area (Å²) in [4.78, 5) is 24.2. The summed E-state index contributed by atoms with van der Waals surface area (Å²) < 4.78 is 54.9. The molecule has 0 aromatic heterocycles. The van der Waals surface area contributed by atoms with Crippen molar-refractivity contribution in [3.05, 3.63) is 34.4 Å². The van der Waals surface area contributed by atoms with Crippen molar-refractivity contribution in [2.24, 2.45) is 4.99 Å². The molecule has 0 heterocycles. The van der Waals surface area contributed by atoms with Crippen LogP contribution in [0, 0.1) is 23.3 Å². The average molecular weight is 289 g/mol. The van der Waals surface area contributed by atoms with E-state index in [2.05, 4.69) is 4.99 Å². The Morgan fingerprint density at radius 2 is 1.60 bits per heavy atom. The molecule has 0 unspecified atom stereocenters. The Morgan fingerprint density at radius 3 is 1.90 bits per heavy atom. The van der Waals surface area contributed by atoms with Crippen LogP contribution in [-0.4, -0.2) is 17.2 Å². The maximum atomic E-state index is 13.9. The molecule has 0 spiro atoms. The van der Waals surface area contributed by atoms with Gasteiger partial charge >= 0.3 is 5.97 Å². The molecule has 106 valence electrons. The molecule has 1 aromatic rings. The van der Waals surface area contributed by atoms with Gasteiger partial charge in [0.1, 0.15) is 11.1 Å². The van der Waals surface area contributed by atoms with Gasteiger partial charge in [0.15, 0.2) is 23.3 Å². The fourth-order valence-corrected chi connectivity index (χ4v) is 2.24. The SMILES string of the molecule is O=C=NC1(c2c(F)c(F)c(C(=O)O)c(F)c2F)CCC1. The zero-order chi connectivity index (χ0) is 15.1. The Bertz CT molecular complexity index is 620. The highest BCUT2D eigenvalue weighted by molar-refractivity contribution is 5.88. The summed E-state index contributed by atoms with van der Waals surface area (Å²) in [6.45, 7) is 0. The molecule has 8 heteroatoms. The minimum absolute atomic E-state index is 0.0153. The Morgan fingerprint density at radius 1 is 1.10 bits per heavy atom. The van der Waals surface area contributed by atoms with Crippen LogP contribution < -0.4 is 0 Å². The second kappa shape index (κ2) is 4.72. The lowest BCUT2D eigenvalue weighted by molar-refractivity contribution is 0.0682. The summed E-state index contributed by atoms with van der Waals surface area (Å²) in [7, 11) is 0. The summed E-state index contributed by atoms with van der Waals surface area (Å²) in [5.74, 6) is -9.86. The number of carbonyl (C=O) groups excluding carboxylic acids is 1. The van der Waals surface area contributed by atoms with Gasteiger partial charge in [-0.1, -0.05) is 0 Å². The standard InChI is InChI=1S/C12H7F4NO3/c13-7-5(11(19)20)8(14)10(16)6(9(7)15)12(17-4-18)2-1-3-12/h1-3H2,(H,19,20). The molecule has 0 aliphatic heterocycles. The zero-order valence-corrected chi connectivity index (χ0v) is 9.84. The van der Waals surface area contributed by atoms with Gasteiger partial charge in [-0.05, 0) is 19.3 Å². The van der Waals surface area contributed by atoms with E-state index < -0.39 is 45.9 Å². The number of carboxylic acids is 1. The van der Waals surface area contributed by atoms with E-state index in [1.807, 2.05) is 0 Å². The quantitative estimate of drug-likeness (QED) is 0.402. The third-order valence-electron chi connectivity index (χ3n) is 3.38. The highest BCUT2D eigenvalue weighted by Gasteiger charge is 2.46. The van der Waals surface area contributed by atoms with Gasteiger partial charge < -0.3 is 5.11 Å². The van der Waals surface area contributed by atoms with Gasteiger partial charge in [0.2, 0.25) is 6.08 Å². The van der Waals surface area contributed by atoms with E-state index in [9.17, 15) is 27.2 Å². The first-order valence-electron chi connectivity index (χ1n) is 5.54. The first-order chi connectivity index (χ1) is 9.35. The zero-order valence-electron chi connectivity index (χ0n) is 9.84. The molecule has 20 heavy (non-hydrogen) atoms. The van der Waals surface area contributed by atoms with E-state index in [0.29, 0.717) is 6.42 Å². The van der Waals surface area contributed by atoms with E-state index in [4.69, 9.17) is 5.11 Å². The van der Waals surface area contributed by atoms with Crippen LogP contribution in [0.5, 0.6) is 0 Å². The second-order valence-corrected chi connectivity index (χ2v) is 4.40. The molecule has 0 amide bonds. The first kappa shape index (κ1) is 14.2. The Kier molecular flexibility index (Phi) is 3.35. The predicted molar refractivity (Wildman–Crippen MR) is 56.9 cm³/mol. The molecule has 4 nitrogen and oxygen atoms in total. The lowest BCUT2D eigenvalue weighted by atomic mass is 9.71. The third kappa shape index (κ3) is 1.80. The number of hydrogen-bond acceptors (Lipinski definition) is 3. The van der Waals surface area contributed by atoms with Crippen LogP contribution in [0.2, 0.25) is 0 Å². The van der Waals surface area contributed by atoms with Gasteiger partial charge in [0, 0.05) is 0 Å². The number of carbonyl (C=O) groups is 1. The molecule has 2 rings (SSSR count). The molecule has 0 saturated heterocycles. The monoisotopic (exact) mass is 289 g/mol. The van der Waals surface area contributed by atoms with E-state index in [1.54, 1.807) is 0 Å². The molecule has 0 radical (unpaired) electrons. The van der Waals surface area contributed by atoms with Crippen molar-refractivity contribution < 1.29 is 32.3 Å². The van der Waals surface area contributed by atoms with Gasteiger partial charge in [0.05, 0.1) is 5.56 Å². The molecule has 1 saturated carbocycles. The number of carboxylic acid groups (broad SMARTS) is 1. The maximum absolute atomic E-state index is 13.9. The van der Waals surface area contributed by atoms with Crippen LogP contribution in [0.15, 0.2) is 4.99 Å². The van der Waals surface area contributed by atoms with Crippen molar-refractivity contribution in [3.63, 3.8) is 0 Å². The number of nitrogens with zero attached hydrogens (tertiary/aromatic N) is 1. The van der Waals surface area contributed by atoms with Crippen molar-refractivity contribution in [3.8, 4) is 0 Å². The number of hydrogen-bond donors (Lipinski definition) is 1. The average Bonchev–Trinajstić information content (AvgIpc) is 2.33. The molecule has 1 N–H and O–H groups in total. The molecule has 1 fully saturated rings. The van der Waals surface area contributed by atoms with Crippen molar-refractivity contribution >= 4 is 12.0 Å². The number of aromatic carboxylic acids is 1. The first-order valence-corrected chi connectivity index (χ1v) is 5.54. The van der Waals surface area contributed by atoms with E-state index >= 15 is 0 Å². The summed E-state index contributed by atoms with van der Waals surface area (Å²) >= 11 is 0. The van der Waals surface area contributed by atoms with Gasteiger partial charge in [0.25, 0.3) is 0 Å². The van der Waals surface area contributed by atoms with Gasteiger partial charge in [-0.15, -0.1) is 0 Å². The van der Waals surface area contributed by atoms with Crippen LogP contribution in [0.3, 0.4) is 0 Å². The minimum Gasteiger partial charge on any atom is -0.477 e. The van der Waals surface area contributed by atoms with Crippen molar-refractivity contribution in [1.29, 1.82) is 0 Å². The topological polar surface area (TPSA) is 66.7 Å². The third-order valence-corrected chi connectivity index (χ3v) is 3.38. The molecule has 1 aliphatic rings. The van der Waals surface area contributed by atoms with Crippen molar-refractivity contribution in [1.82, 2.24) is 0 Å². The maximum Gasteiger partial charge on any atom is 0.341 e. The summed E-state index contributed by atoms with van der Waals surface area (Å²) in [5, 5.41) is 8.56. The van der Waals surface area contributed by atoms with Gasteiger partial charge in [-0.25, -0.2) is 27.2 Å². The van der Waals surface area contributed by atoms with E-state index in [-0.39, 0.29) is 12.8 Å². The minimum atomic E-state index is -2.13. The summed E-state index contributed by atoms with van der Waals surface area (Å²) in [6.07, 6.45) is 1.60. The number of isocyanates is 1. The van der Waals surface area contributed by atoms with Gasteiger partial charge in [-0.3, -0.25) is 0 Å². The Hall–Kier alpha value is -2.21. The lowest BCUT2D eigenvalue weighted by Gasteiger charge is -2.37. The molecule has 1 aromatic carbocycles. The van der Waals surface area contributed by atoms with Crippen molar-refractivity contribution in [2.75, 3.05) is 0 Å². The number of rotatable bonds is 3. The van der Waals surface area contributed by atoms with Gasteiger partial charge in [-0.2, -0.15) is 4.99 Å². The highest BCUT2D eigenvalue weighted by atomic mass is 19.2. The smallest absolute Gasteiger partial charge is 0.341 e. The van der Waals surface area contributed by atoms with Crippen LogP contribution in [0.4, 0.5) is 17.6 Å². The fraction of sp³-hybridized carbons (Fsp3) is 0.333. The molecular weight excluding hydrogens is 282 g/mol. The predicted octanol–water partition coefficient (Wildman–Crippen LogP) is 2.66. The molecular formula is C12H7F4NO3. The van der Waals surface area contributed by atoms with Crippen LogP contribution in [-0.2, 0) is 10.3 Å². The van der Waals surface area contributed by atoms with Crippen LogP contribution in [0.1, 0.15) is 35.2 Å². The van der Waals surface area contributed by atoms with Crippen LogP contribution in [0.25, 0.3) is 0 Å². The number of aliphatic imine (C=N–C) groups is 1.